The highest BCUT2D eigenvalue weighted by atomic mass is 16.6. The van der Waals surface area contributed by atoms with Gasteiger partial charge in [-0.25, -0.2) is 19.7 Å². The molecule has 0 radical (unpaired) electrons. The molecule has 0 spiro atoms. The minimum atomic E-state index is -1.51. The SMILES string of the molecule is CCC(NC(=O)Oc1ccccc1)OC(=O)CCC(NC(=O)Oc1ccccc1)C(=O)OC(CC)NC(O)Oc1ccccc1. The molecule has 13 heteroatoms. The van der Waals surface area contributed by atoms with E-state index in [9.17, 15) is 24.3 Å². The summed E-state index contributed by atoms with van der Waals surface area (Å²) in [6.45, 7) is 3.39. The lowest BCUT2D eigenvalue weighted by Gasteiger charge is -2.25. The molecule has 0 bridgehead atoms. The number of amides is 2. The molecule has 0 aliphatic carbocycles. The Labute approximate surface area is 260 Å². The zero-order valence-electron chi connectivity index (χ0n) is 24.9. The second-order valence-electron chi connectivity index (χ2n) is 9.46. The van der Waals surface area contributed by atoms with Crippen molar-refractivity contribution >= 4 is 24.1 Å². The van der Waals surface area contributed by atoms with Crippen LogP contribution in [-0.2, 0) is 19.1 Å². The third-order valence-corrected chi connectivity index (χ3v) is 5.99. The fourth-order valence-electron chi connectivity index (χ4n) is 3.75. The topological polar surface area (TPSA) is 171 Å². The fraction of sp³-hybridized carbons (Fsp3) is 0.312. The molecule has 2 amide bonds. The molecule has 3 aromatic carbocycles. The van der Waals surface area contributed by atoms with E-state index >= 15 is 0 Å². The van der Waals surface area contributed by atoms with Gasteiger partial charge in [-0.3, -0.25) is 10.1 Å². The average Bonchev–Trinajstić information content (AvgIpc) is 3.03. The van der Waals surface area contributed by atoms with Crippen molar-refractivity contribution in [3.63, 3.8) is 0 Å². The summed E-state index contributed by atoms with van der Waals surface area (Å²) in [4.78, 5) is 50.7. The van der Waals surface area contributed by atoms with Crippen LogP contribution in [0, 0.1) is 0 Å². The molecule has 45 heavy (non-hydrogen) atoms. The van der Waals surface area contributed by atoms with E-state index in [-0.39, 0.29) is 31.4 Å². The molecule has 3 rings (SSSR count). The summed E-state index contributed by atoms with van der Waals surface area (Å²) in [6, 6.07) is 23.7. The van der Waals surface area contributed by atoms with Crippen molar-refractivity contribution < 1.29 is 48.0 Å². The van der Waals surface area contributed by atoms with Crippen LogP contribution in [0.3, 0.4) is 0 Å². The molecule has 0 heterocycles. The molecule has 0 fully saturated rings. The third kappa shape index (κ3) is 12.9. The molecule has 0 saturated heterocycles. The van der Waals surface area contributed by atoms with Crippen LogP contribution < -0.4 is 30.2 Å². The largest absolute Gasteiger partial charge is 0.451 e. The maximum atomic E-state index is 13.2. The molecule has 4 atom stereocenters. The van der Waals surface area contributed by atoms with Crippen molar-refractivity contribution in [3.05, 3.63) is 91.0 Å². The van der Waals surface area contributed by atoms with Gasteiger partial charge < -0.3 is 34.1 Å². The van der Waals surface area contributed by atoms with E-state index in [1.54, 1.807) is 105 Å². The Balaban J connectivity index is 1.58. The number of nitrogens with one attached hydrogen (secondary N) is 3. The van der Waals surface area contributed by atoms with Crippen molar-refractivity contribution in [2.24, 2.45) is 0 Å². The molecule has 0 aromatic heterocycles. The van der Waals surface area contributed by atoms with E-state index in [4.69, 9.17) is 23.7 Å². The van der Waals surface area contributed by atoms with E-state index in [1.165, 1.54) is 0 Å². The van der Waals surface area contributed by atoms with Gasteiger partial charge in [0.15, 0.2) is 12.5 Å². The van der Waals surface area contributed by atoms with Crippen LogP contribution in [0.4, 0.5) is 9.59 Å². The minimum absolute atomic E-state index is 0.229. The lowest BCUT2D eigenvalue weighted by atomic mass is 10.1. The first-order valence-electron chi connectivity index (χ1n) is 14.4. The summed E-state index contributed by atoms with van der Waals surface area (Å²) >= 11 is 0. The van der Waals surface area contributed by atoms with E-state index in [1.807, 2.05) is 0 Å². The van der Waals surface area contributed by atoms with Crippen LogP contribution >= 0.6 is 0 Å². The Hall–Kier alpha value is -5.14. The first-order valence-corrected chi connectivity index (χ1v) is 14.4. The number of aliphatic hydroxyl groups is 1. The second kappa shape index (κ2) is 18.5. The van der Waals surface area contributed by atoms with Gasteiger partial charge in [0.1, 0.15) is 23.3 Å². The Morgan fingerprint density at radius 3 is 1.67 bits per heavy atom. The molecule has 3 aromatic rings. The van der Waals surface area contributed by atoms with Gasteiger partial charge in [-0.05, 0) is 49.2 Å². The first-order chi connectivity index (χ1) is 21.7. The molecule has 0 saturated carbocycles. The molecule has 0 aliphatic heterocycles. The number of ether oxygens (including phenoxy) is 5. The Morgan fingerprint density at radius 2 is 1.16 bits per heavy atom. The number of aliphatic hydroxyl groups excluding tert-OH is 1. The molecule has 240 valence electrons. The Morgan fingerprint density at radius 1 is 0.667 bits per heavy atom. The van der Waals surface area contributed by atoms with E-state index < -0.39 is 49.0 Å². The number of hydrogen-bond acceptors (Lipinski definition) is 11. The van der Waals surface area contributed by atoms with Crippen molar-refractivity contribution in [1.82, 2.24) is 16.0 Å². The summed E-state index contributed by atoms with van der Waals surface area (Å²) in [7, 11) is 0. The molecular weight excluding hydrogens is 586 g/mol. The monoisotopic (exact) mass is 623 g/mol. The normalized spacial score (nSPS) is 13.2. The maximum absolute atomic E-state index is 13.2. The van der Waals surface area contributed by atoms with Gasteiger partial charge >= 0.3 is 24.1 Å². The quantitative estimate of drug-likeness (QED) is 0.133. The third-order valence-electron chi connectivity index (χ3n) is 5.99. The smallest absolute Gasteiger partial charge is 0.415 e. The van der Waals surface area contributed by atoms with Gasteiger partial charge in [0.05, 0.1) is 0 Å². The van der Waals surface area contributed by atoms with Crippen molar-refractivity contribution in [2.75, 3.05) is 0 Å². The molecule has 4 unspecified atom stereocenters. The molecule has 0 aliphatic rings. The van der Waals surface area contributed by atoms with E-state index in [0.717, 1.165) is 0 Å². The highest BCUT2D eigenvalue weighted by Crippen LogP contribution is 2.13. The van der Waals surface area contributed by atoms with E-state index in [2.05, 4.69) is 16.0 Å². The first kappa shape index (κ1) is 34.4. The van der Waals surface area contributed by atoms with Crippen LogP contribution in [0.5, 0.6) is 17.2 Å². The number of rotatable bonds is 16. The van der Waals surface area contributed by atoms with Crippen LogP contribution in [0.15, 0.2) is 91.0 Å². The molecule has 13 nitrogen and oxygen atoms in total. The lowest BCUT2D eigenvalue weighted by molar-refractivity contribution is -0.160. The summed E-state index contributed by atoms with van der Waals surface area (Å²) < 4.78 is 26.6. The van der Waals surface area contributed by atoms with Gasteiger partial charge in [0, 0.05) is 12.8 Å². The van der Waals surface area contributed by atoms with Gasteiger partial charge in [-0.15, -0.1) is 0 Å². The second-order valence-corrected chi connectivity index (χ2v) is 9.46. The standard InChI is InChI=1S/C32H37N3O10/c1-3-26(34-31(39)42-23-16-10-6-11-17-23)44-28(36)21-20-25(33-30(38)41-22-14-8-5-9-15-22)29(37)45-27(4-2)35-32(40)43-24-18-12-7-13-19-24/h5-19,25-27,32,35,40H,3-4,20-21H2,1-2H3,(H,33,38)(H,34,39). The predicted octanol–water partition coefficient (Wildman–Crippen LogP) is 4.22. The Kier molecular flexibility index (Phi) is 14.1. The maximum Gasteiger partial charge on any atom is 0.415 e. The number of carbonyl (C=O) groups is 4. The van der Waals surface area contributed by atoms with Gasteiger partial charge in [0.25, 0.3) is 6.41 Å². The summed E-state index contributed by atoms with van der Waals surface area (Å²) in [5, 5.41) is 17.8. The zero-order valence-corrected chi connectivity index (χ0v) is 24.9. The van der Waals surface area contributed by atoms with Crippen molar-refractivity contribution in [1.29, 1.82) is 0 Å². The number of carbonyl (C=O) groups excluding carboxylic acids is 4. The number of hydrogen-bond donors (Lipinski definition) is 4. The van der Waals surface area contributed by atoms with Gasteiger partial charge in [-0.2, -0.15) is 0 Å². The van der Waals surface area contributed by atoms with Gasteiger partial charge in [0.2, 0.25) is 0 Å². The highest BCUT2D eigenvalue weighted by Gasteiger charge is 2.28. The lowest BCUT2D eigenvalue weighted by Crippen LogP contribution is -2.49. The number of esters is 2. The van der Waals surface area contributed by atoms with Crippen molar-refractivity contribution in [2.45, 2.75) is 64.4 Å². The van der Waals surface area contributed by atoms with Crippen LogP contribution in [0.2, 0.25) is 0 Å². The molecule has 4 N–H and O–H groups in total. The zero-order chi connectivity index (χ0) is 32.4. The average molecular weight is 624 g/mol. The number of para-hydroxylation sites is 3. The van der Waals surface area contributed by atoms with Crippen LogP contribution in [-0.4, -0.2) is 54.1 Å². The summed E-state index contributed by atoms with van der Waals surface area (Å²) in [5.74, 6) is -0.737. The number of benzene rings is 3. The van der Waals surface area contributed by atoms with Crippen LogP contribution in [0.1, 0.15) is 39.5 Å². The molecular formula is C32H37N3O10. The fourth-order valence-corrected chi connectivity index (χ4v) is 3.75. The summed E-state index contributed by atoms with van der Waals surface area (Å²) in [6.07, 6.45) is -5.40. The highest BCUT2D eigenvalue weighted by molar-refractivity contribution is 5.83. The van der Waals surface area contributed by atoms with Crippen LogP contribution in [0.25, 0.3) is 0 Å². The van der Waals surface area contributed by atoms with E-state index in [0.29, 0.717) is 11.5 Å². The minimum Gasteiger partial charge on any atom is -0.451 e. The van der Waals surface area contributed by atoms with Gasteiger partial charge in [-0.1, -0.05) is 68.4 Å². The Bertz CT molecular complexity index is 1350. The van der Waals surface area contributed by atoms with Crippen molar-refractivity contribution in [3.8, 4) is 17.2 Å². The predicted molar refractivity (Wildman–Crippen MR) is 161 cm³/mol. The summed E-state index contributed by atoms with van der Waals surface area (Å²) in [5.41, 5.74) is 0.